The van der Waals surface area contributed by atoms with Gasteiger partial charge in [0.05, 0.1) is 13.5 Å². The van der Waals surface area contributed by atoms with E-state index >= 15 is 0 Å². The molecule has 218 valence electrons. The molecule has 2 aliphatic rings. The average Bonchev–Trinajstić information content (AvgIpc) is 2.96. The molecule has 8 nitrogen and oxygen atoms in total. The number of aliphatic carboxylic acids is 1. The standard InChI is InChI=1S/C32H31Cl2N3O5/c1-19-27-11-9-26(41-3)14-21(27)6-10-28(19)31(35-2)29(18-37-24-16-22(33)15-23(34)17-24)42-25-7-4-20(5-8-25)32(40)36-13-12-30(38)39/h4-11,14-19,27,37H,12-13H2,1-3H3,(H,36,40)(H,38,39)/b29-18+,35-31?. The van der Waals surface area contributed by atoms with E-state index in [-0.39, 0.29) is 30.7 Å². The zero-order chi connectivity index (χ0) is 30.2. The molecule has 0 aliphatic heterocycles. The highest BCUT2D eigenvalue weighted by molar-refractivity contribution is 6.35. The molecule has 1 amide bonds. The third-order valence-electron chi connectivity index (χ3n) is 6.81. The quantitative estimate of drug-likeness (QED) is 0.191. The summed E-state index contributed by atoms with van der Waals surface area (Å²) in [5.74, 6) is 0.586. The van der Waals surface area contributed by atoms with Crippen LogP contribution in [0.5, 0.6) is 5.75 Å². The minimum absolute atomic E-state index is 0.0387. The Hall–Kier alpha value is -4.27. The van der Waals surface area contributed by atoms with E-state index in [1.807, 2.05) is 18.2 Å². The average molecular weight is 609 g/mol. The first-order valence-corrected chi connectivity index (χ1v) is 14.0. The highest BCUT2D eigenvalue weighted by Gasteiger charge is 2.30. The first kappa shape index (κ1) is 30.7. The molecule has 0 bridgehead atoms. The van der Waals surface area contributed by atoms with Gasteiger partial charge in [0.25, 0.3) is 5.91 Å². The first-order valence-electron chi connectivity index (χ1n) is 13.2. The number of allylic oxidation sites excluding steroid dienone is 7. The van der Waals surface area contributed by atoms with E-state index in [9.17, 15) is 9.59 Å². The van der Waals surface area contributed by atoms with Crippen molar-refractivity contribution in [2.75, 3.05) is 26.0 Å². The number of aliphatic imine (C=N–C) groups is 1. The van der Waals surface area contributed by atoms with Crippen LogP contribution in [0.25, 0.3) is 0 Å². The van der Waals surface area contributed by atoms with Crippen molar-refractivity contribution in [3.63, 3.8) is 0 Å². The summed E-state index contributed by atoms with van der Waals surface area (Å²) >= 11 is 12.4. The van der Waals surface area contributed by atoms with Gasteiger partial charge in [-0.25, -0.2) is 0 Å². The number of halogens is 2. The summed E-state index contributed by atoms with van der Waals surface area (Å²) in [5.41, 5.74) is 3.82. The number of hydrogen-bond acceptors (Lipinski definition) is 6. The Balaban J connectivity index is 1.63. The van der Waals surface area contributed by atoms with Crippen LogP contribution in [0.4, 0.5) is 5.69 Å². The number of carbonyl (C=O) groups is 2. The summed E-state index contributed by atoms with van der Waals surface area (Å²) in [7, 11) is 3.36. The molecule has 0 fully saturated rings. The van der Waals surface area contributed by atoms with Gasteiger partial charge in [-0.15, -0.1) is 0 Å². The third kappa shape index (κ3) is 7.72. The van der Waals surface area contributed by atoms with Crippen molar-refractivity contribution in [3.8, 4) is 5.75 Å². The Morgan fingerprint density at radius 3 is 2.45 bits per heavy atom. The largest absolute Gasteiger partial charge is 0.497 e. The van der Waals surface area contributed by atoms with Gasteiger partial charge >= 0.3 is 5.97 Å². The second-order valence-electron chi connectivity index (χ2n) is 9.62. The Bertz CT molecular complexity index is 1520. The van der Waals surface area contributed by atoms with Crippen LogP contribution in [-0.4, -0.2) is 43.4 Å². The molecule has 0 heterocycles. The SMILES string of the molecule is CN=C(C1=CC=C2C=C(OC)C=CC2C1C)/C(=C\Nc1cc(Cl)cc(Cl)c1)Oc1ccc(C(=O)NCCC(=O)O)cc1. The Morgan fingerprint density at radius 1 is 1.10 bits per heavy atom. The number of ether oxygens (including phenoxy) is 2. The normalized spacial score (nSPS) is 18.3. The van der Waals surface area contributed by atoms with E-state index < -0.39 is 5.97 Å². The minimum atomic E-state index is -0.981. The molecule has 42 heavy (non-hydrogen) atoms. The van der Waals surface area contributed by atoms with Gasteiger partial charge in [0, 0.05) is 47.0 Å². The number of carboxylic acid groups (broad SMARTS) is 1. The lowest BCUT2D eigenvalue weighted by Crippen LogP contribution is -2.26. The topological polar surface area (TPSA) is 109 Å². The monoisotopic (exact) mass is 607 g/mol. The lowest BCUT2D eigenvalue weighted by molar-refractivity contribution is -0.136. The van der Waals surface area contributed by atoms with Crippen molar-refractivity contribution >= 4 is 46.5 Å². The molecular formula is C32H31Cl2N3O5. The van der Waals surface area contributed by atoms with Crippen LogP contribution in [-0.2, 0) is 9.53 Å². The van der Waals surface area contributed by atoms with Crippen LogP contribution < -0.4 is 15.4 Å². The van der Waals surface area contributed by atoms with E-state index in [0.29, 0.717) is 38.5 Å². The molecule has 0 aromatic heterocycles. The lowest BCUT2D eigenvalue weighted by Gasteiger charge is -2.31. The van der Waals surface area contributed by atoms with Crippen LogP contribution in [0.3, 0.4) is 0 Å². The predicted molar refractivity (Wildman–Crippen MR) is 166 cm³/mol. The van der Waals surface area contributed by atoms with Crippen LogP contribution in [0.15, 0.2) is 107 Å². The molecule has 4 rings (SSSR count). The van der Waals surface area contributed by atoms with Gasteiger partial charge in [-0.2, -0.15) is 0 Å². The molecule has 0 saturated carbocycles. The summed E-state index contributed by atoms with van der Waals surface area (Å²) in [6.07, 6.45) is 11.8. The van der Waals surface area contributed by atoms with Crippen molar-refractivity contribution in [1.29, 1.82) is 0 Å². The Labute approximate surface area is 254 Å². The maximum absolute atomic E-state index is 12.4. The van der Waals surface area contributed by atoms with Gasteiger partial charge in [0.15, 0.2) is 5.76 Å². The fraction of sp³-hybridized carbons (Fsp3) is 0.219. The molecule has 2 aromatic carbocycles. The number of hydrogen-bond donors (Lipinski definition) is 3. The van der Waals surface area contributed by atoms with E-state index in [0.717, 1.165) is 16.9 Å². The molecule has 10 heteroatoms. The molecule has 0 saturated heterocycles. The summed E-state index contributed by atoms with van der Waals surface area (Å²) in [5, 5.41) is 15.6. The molecule has 0 spiro atoms. The van der Waals surface area contributed by atoms with Gasteiger partial charge in [-0.05, 0) is 71.7 Å². The summed E-state index contributed by atoms with van der Waals surface area (Å²) < 4.78 is 11.8. The number of fused-ring (bicyclic) bond motifs is 1. The Kier molecular flexibility index (Phi) is 10.3. The molecule has 2 unspecified atom stereocenters. The Morgan fingerprint density at radius 2 is 1.81 bits per heavy atom. The summed E-state index contributed by atoms with van der Waals surface area (Å²) in [4.78, 5) is 27.7. The van der Waals surface area contributed by atoms with E-state index in [1.54, 1.807) is 62.8 Å². The predicted octanol–water partition coefficient (Wildman–Crippen LogP) is 6.82. The van der Waals surface area contributed by atoms with Crippen LogP contribution >= 0.6 is 23.2 Å². The molecule has 2 atom stereocenters. The first-order chi connectivity index (χ1) is 20.2. The zero-order valence-corrected chi connectivity index (χ0v) is 24.9. The summed E-state index contributed by atoms with van der Waals surface area (Å²) in [6, 6.07) is 11.7. The number of carbonyl (C=O) groups excluding carboxylic acids is 1. The smallest absolute Gasteiger partial charge is 0.305 e. The molecule has 2 aliphatic carbocycles. The molecule has 0 radical (unpaired) electrons. The van der Waals surface area contributed by atoms with Gasteiger partial charge < -0.3 is 25.2 Å². The van der Waals surface area contributed by atoms with Crippen molar-refractivity contribution in [2.45, 2.75) is 13.3 Å². The number of nitrogens with zero attached hydrogens (tertiary/aromatic N) is 1. The van der Waals surface area contributed by atoms with E-state index in [4.69, 9.17) is 37.8 Å². The van der Waals surface area contributed by atoms with Gasteiger partial charge in [-0.1, -0.05) is 48.4 Å². The number of carboxylic acids is 1. The van der Waals surface area contributed by atoms with Crippen LogP contribution in [0.2, 0.25) is 10.0 Å². The van der Waals surface area contributed by atoms with Crippen molar-refractivity contribution < 1.29 is 24.2 Å². The number of anilines is 1. The van der Waals surface area contributed by atoms with Crippen molar-refractivity contribution in [3.05, 3.63) is 117 Å². The fourth-order valence-corrected chi connectivity index (χ4v) is 5.21. The van der Waals surface area contributed by atoms with Crippen LogP contribution in [0.1, 0.15) is 23.7 Å². The molecular weight excluding hydrogens is 577 g/mol. The number of nitrogens with one attached hydrogen (secondary N) is 2. The van der Waals surface area contributed by atoms with Gasteiger partial charge in [-0.3, -0.25) is 14.6 Å². The summed E-state index contributed by atoms with van der Waals surface area (Å²) in [6.45, 7) is 2.18. The van der Waals surface area contributed by atoms with E-state index in [1.165, 1.54) is 0 Å². The van der Waals surface area contributed by atoms with Crippen molar-refractivity contribution in [1.82, 2.24) is 5.32 Å². The number of rotatable bonds is 11. The number of amides is 1. The molecule has 2 aromatic rings. The number of methoxy groups -OCH3 is 1. The third-order valence-corrected chi connectivity index (χ3v) is 7.25. The van der Waals surface area contributed by atoms with Crippen LogP contribution in [0, 0.1) is 11.8 Å². The zero-order valence-electron chi connectivity index (χ0n) is 23.4. The van der Waals surface area contributed by atoms with Gasteiger partial charge in [0.2, 0.25) is 0 Å². The second-order valence-corrected chi connectivity index (χ2v) is 10.5. The lowest BCUT2D eigenvalue weighted by atomic mass is 9.74. The minimum Gasteiger partial charge on any atom is -0.497 e. The molecule has 3 N–H and O–H groups in total. The van der Waals surface area contributed by atoms with Gasteiger partial charge in [0.1, 0.15) is 17.2 Å². The highest BCUT2D eigenvalue weighted by atomic mass is 35.5. The van der Waals surface area contributed by atoms with E-state index in [2.05, 4.69) is 34.7 Å². The fourth-order valence-electron chi connectivity index (χ4n) is 4.69. The highest BCUT2D eigenvalue weighted by Crippen LogP contribution is 2.38. The van der Waals surface area contributed by atoms with Crippen molar-refractivity contribution in [2.24, 2.45) is 16.8 Å². The number of benzene rings is 2. The maximum atomic E-state index is 12.4. The maximum Gasteiger partial charge on any atom is 0.305 e. The second kappa shape index (κ2) is 14.1.